The van der Waals surface area contributed by atoms with E-state index in [1.165, 1.54) is 36.8 Å². The topological polar surface area (TPSA) is 12.0 Å². The molecule has 1 aromatic carbocycles. The van der Waals surface area contributed by atoms with Crippen LogP contribution in [0.1, 0.15) is 31.2 Å². The fraction of sp³-hybridized carbons (Fsp3) is 0.429. The molecule has 1 fully saturated rings. The van der Waals surface area contributed by atoms with Crippen LogP contribution in [0, 0.1) is 0 Å². The van der Waals surface area contributed by atoms with Gasteiger partial charge in [0, 0.05) is 12.6 Å². The lowest BCUT2D eigenvalue weighted by atomic mass is 10.1. The van der Waals surface area contributed by atoms with E-state index in [0.717, 1.165) is 12.6 Å². The van der Waals surface area contributed by atoms with Gasteiger partial charge in [-0.15, -0.1) is 0 Å². The summed E-state index contributed by atoms with van der Waals surface area (Å²) in [5, 5.41) is 3.58. The fourth-order valence-electron chi connectivity index (χ4n) is 2.17. The monoisotopic (exact) mass is 201 g/mol. The molecule has 0 radical (unpaired) electrons. The lowest BCUT2D eigenvalue weighted by molar-refractivity contribution is 0.560. The Hall–Kier alpha value is -1.08. The third kappa shape index (κ3) is 2.93. The molecule has 0 aliphatic heterocycles. The van der Waals surface area contributed by atoms with Gasteiger partial charge in [0.15, 0.2) is 0 Å². The standard InChI is InChI=1S/C14H19N/c1-12(13-7-3-2-4-8-13)11-15-14-9-5-6-10-14/h2-4,7-8,14-15H,1,5-6,9-11H2. The minimum atomic E-state index is 0.727. The van der Waals surface area contributed by atoms with Gasteiger partial charge in [-0.05, 0) is 24.0 Å². The predicted octanol–water partition coefficient (Wildman–Crippen LogP) is 3.23. The van der Waals surface area contributed by atoms with E-state index in [0.29, 0.717) is 0 Å². The van der Waals surface area contributed by atoms with Crippen LogP contribution in [0.2, 0.25) is 0 Å². The third-order valence-corrected chi connectivity index (χ3v) is 3.14. The number of benzene rings is 1. The smallest absolute Gasteiger partial charge is 0.0208 e. The molecule has 1 aliphatic carbocycles. The van der Waals surface area contributed by atoms with Crippen LogP contribution < -0.4 is 5.32 Å². The van der Waals surface area contributed by atoms with Crippen LogP contribution in [0.15, 0.2) is 36.9 Å². The summed E-state index contributed by atoms with van der Waals surface area (Å²) in [5.74, 6) is 0. The lowest BCUT2D eigenvalue weighted by Crippen LogP contribution is -2.27. The molecule has 0 heterocycles. The average molecular weight is 201 g/mol. The van der Waals surface area contributed by atoms with Gasteiger partial charge in [0.05, 0.1) is 0 Å². The number of hydrogen-bond acceptors (Lipinski definition) is 1. The van der Waals surface area contributed by atoms with Crippen LogP contribution in [-0.4, -0.2) is 12.6 Å². The largest absolute Gasteiger partial charge is 0.310 e. The summed E-state index contributed by atoms with van der Waals surface area (Å²) < 4.78 is 0. The first-order chi connectivity index (χ1) is 7.36. The van der Waals surface area contributed by atoms with E-state index in [-0.39, 0.29) is 0 Å². The zero-order valence-electron chi connectivity index (χ0n) is 9.21. The summed E-state index contributed by atoms with van der Waals surface area (Å²) in [7, 11) is 0. The highest BCUT2D eigenvalue weighted by atomic mass is 14.9. The summed E-state index contributed by atoms with van der Waals surface area (Å²) in [6.45, 7) is 5.05. The Morgan fingerprint density at radius 1 is 1.20 bits per heavy atom. The van der Waals surface area contributed by atoms with Crippen LogP contribution in [0.3, 0.4) is 0 Å². The van der Waals surface area contributed by atoms with Crippen LogP contribution in [0.4, 0.5) is 0 Å². The normalized spacial score (nSPS) is 16.8. The van der Waals surface area contributed by atoms with Gasteiger partial charge in [0.1, 0.15) is 0 Å². The SMILES string of the molecule is C=C(CNC1CCCC1)c1ccccc1. The van der Waals surface area contributed by atoms with Gasteiger partial charge in [-0.2, -0.15) is 0 Å². The van der Waals surface area contributed by atoms with Crippen molar-refractivity contribution >= 4 is 5.57 Å². The van der Waals surface area contributed by atoms with Crippen molar-refractivity contribution in [2.24, 2.45) is 0 Å². The van der Waals surface area contributed by atoms with Gasteiger partial charge in [-0.1, -0.05) is 49.8 Å². The first-order valence-electron chi connectivity index (χ1n) is 5.83. The van der Waals surface area contributed by atoms with E-state index < -0.39 is 0 Å². The molecule has 0 amide bonds. The minimum Gasteiger partial charge on any atom is -0.310 e. The van der Waals surface area contributed by atoms with E-state index in [2.05, 4.69) is 36.2 Å². The number of hydrogen-bond donors (Lipinski definition) is 1. The molecule has 1 N–H and O–H groups in total. The molecule has 80 valence electrons. The average Bonchev–Trinajstić information content (AvgIpc) is 2.80. The van der Waals surface area contributed by atoms with Gasteiger partial charge in [-0.3, -0.25) is 0 Å². The summed E-state index contributed by atoms with van der Waals surface area (Å²) in [4.78, 5) is 0. The fourth-order valence-corrected chi connectivity index (χ4v) is 2.17. The Morgan fingerprint density at radius 3 is 2.53 bits per heavy atom. The van der Waals surface area contributed by atoms with E-state index in [1.54, 1.807) is 0 Å². The van der Waals surface area contributed by atoms with Crippen molar-refractivity contribution in [3.8, 4) is 0 Å². The molecule has 1 saturated carbocycles. The Bertz CT molecular complexity index is 309. The summed E-state index contributed by atoms with van der Waals surface area (Å²) in [5.41, 5.74) is 2.45. The van der Waals surface area contributed by atoms with Crippen LogP contribution in [0.5, 0.6) is 0 Å². The van der Waals surface area contributed by atoms with Crippen LogP contribution >= 0.6 is 0 Å². The Labute approximate surface area is 92.2 Å². The summed E-state index contributed by atoms with van der Waals surface area (Å²) in [6.07, 6.45) is 5.44. The third-order valence-electron chi connectivity index (χ3n) is 3.14. The van der Waals surface area contributed by atoms with Crippen molar-refractivity contribution in [2.45, 2.75) is 31.7 Å². The predicted molar refractivity (Wildman–Crippen MR) is 65.7 cm³/mol. The first-order valence-corrected chi connectivity index (χ1v) is 5.83. The highest BCUT2D eigenvalue weighted by Gasteiger charge is 2.13. The van der Waals surface area contributed by atoms with E-state index >= 15 is 0 Å². The molecular formula is C14H19N. The van der Waals surface area contributed by atoms with Gasteiger partial charge in [0.25, 0.3) is 0 Å². The highest BCUT2D eigenvalue weighted by Crippen LogP contribution is 2.18. The maximum Gasteiger partial charge on any atom is 0.0208 e. The molecule has 1 heteroatoms. The molecule has 1 nitrogen and oxygen atoms in total. The molecule has 1 aromatic rings. The molecule has 0 atom stereocenters. The lowest BCUT2D eigenvalue weighted by Gasteiger charge is -2.13. The van der Waals surface area contributed by atoms with Crippen molar-refractivity contribution in [3.63, 3.8) is 0 Å². The maximum atomic E-state index is 4.12. The zero-order valence-corrected chi connectivity index (χ0v) is 9.21. The Morgan fingerprint density at radius 2 is 1.87 bits per heavy atom. The Kier molecular flexibility index (Phi) is 3.57. The second kappa shape index (κ2) is 5.13. The van der Waals surface area contributed by atoms with Gasteiger partial charge >= 0.3 is 0 Å². The quantitative estimate of drug-likeness (QED) is 0.788. The highest BCUT2D eigenvalue weighted by molar-refractivity contribution is 5.64. The molecule has 2 rings (SSSR count). The van der Waals surface area contributed by atoms with E-state index in [1.807, 2.05) is 6.07 Å². The van der Waals surface area contributed by atoms with Gasteiger partial charge in [0.2, 0.25) is 0 Å². The zero-order chi connectivity index (χ0) is 10.5. The molecule has 0 bridgehead atoms. The molecule has 0 saturated heterocycles. The number of nitrogens with one attached hydrogen (secondary N) is 1. The second-order valence-corrected chi connectivity index (χ2v) is 4.33. The van der Waals surface area contributed by atoms with Crippen LogP contribution in [-0.2, 0) is 0 Å². The van der Waals surface area contributed by atoms with Crippen molar-refractivity contribution in [3.05, 3.63) is 42.5 Å². The maximum absolute atomic E-state index is 4.12. The van der Waals surface area contributed by atoms with E-state index in [4.69, 9.17) is 0 Å². The van der Waals surface area contributed by atoms with Crippen LogP contribution in [0.25, 0.3) is 5.57 Å². The van der Waals surface area contributed by atoms with Gasteiger partial charge in [-0.25, -0.2) is 0 Å². The van der Waals surface area contributed by atoms with Crippen molar-refractivity contribution in [2.75, 3.05) is 6.54 Å². The molecule has 0 aromatic heterocycles. The van der Waals surface area contributed by atoms with Gasteiger partial charge < -0.3 is 5.32 Å². The molecule has 0 unspecified atom stereocenters. The second-order valence-electron chi connectivity index (χ2n) is 4.33. The molecule has 0 spiro atoms. The van der Waals surface area contributed by atoms with E-state index in [9.17, 15) is 0 Å². The Balaban J connectivity index is 1.82. The molecular weight excluding hydrogens is 182 g/mol. The number of rotatable bonds is 4. The van der Waals surface area contributed by atoms with Crippen molar-refractivity contribution in [1.82, 2.24) is 5.32 Å². The van der Waals surface area contributed by atoms with Crippen molar-refractivity contribution < 1.29 is 0 Å². The van der Waals surface area contributed by atoms with Crippen molar-refractivity contribution in [1.29, 1.82) is 0 Å². The minimum absolute atomic E-state index is 0.727. The summed E-state index contributed by atoms with van der Waals surface area (Å²) in [6, 6.07) is 11.1. The molecule has 15 heavy (non-hydrogen) atoms. The summed E-state index contributed by atoms with van der Waals surface area (Å²) >= 11 is 0. The molecule has 1 aliphatic rings. The first kappa shape index (κ1) is 10.4.